The minimum Gasteiger partial charge on any atom is -0.395 e. The molecule has 1 aromatic heterocycles. The Bertz CT molecular complexity index is 449. The number of aliphatic hydroxyl groups excluding tert-OH is 1. The summed E-state index contributed by atoms with van der Waals surface area (Å²) < 4.78 is 0. The van der Waals surface area contributed by atoms with Crippen molar-refractivity contribution >= 4 is 11.3 Å². The van der Waals surface area contributed by atoms with Crippen molar-refractivity contribution in [2.24, 2.45) is 5.92 Å². The van der Waals surface area contributed by atoms with E-state index in [1.807, 2.05) is 0 Å². The van der Waals surface area contributed by atoms with E-state index in [4.69, 9.17) is 5.11 Å². The highest BCUT2D eigenvalue weighted by molar-refractivity contribution is 7.12. The van der Waals surface area contributed by atoms with Gasteiger partial charge in [-0.15, -0.1) is 11.3 Å². The predicted octanol–water partition coefficient (Wildman–Crippen LogP) is 3.49. The highest BCUT2D eigenvalue weighted by Gasteiger charge is 2.18. The third-order valence-electron chi connectivity index (χ3n) is 3.89. The molecule has 1 aromatic rings. The summed E-state index contributed by atoms with van der Waals surface area (Å²) in [5.74, 6) is 7.06. The van der Waals surface area contributed by atoms with Crippen molar-refractivity contribution in [2.45, 2.75) is 45.6 Å². The molecule has 2 nitrogen and oxygen atoms in total. The summed E-state index contributed by atoms with van der Waals surface area (Å²) in [6, 6.07) is 4.31. The third kappa shape index (κ3) is 4.94. The lowest BCUT2D eigenvalue weighted by Gasteiger charge is -2.31. The van der Waals surface area contributed by atoms with Gasteiger partial charge >= 0.3 is 0 Å². The minimum atomic E-state index is 0.151. The van der Waals surface area contributed by atoms with E-state index >= 15 is 0 Å². The van der Waals surface area contributed by atoms with Crippen molar-refractivity contribution in [1.82, 2.24) is 4.90 Å². The Kier molecular flexibility index (Phi) is 6.59. The van der Waals surface area contributed by atoms with Crippen LogP contribution in [0.5, 0.6) is 0 Å². The molecule has 0 bridgehead atoms. The molecule has 1 fully saturated rings. The molecular formula is C17H25NOS. The van der Waals surface area contributed by atoms with Crippen LogP contribution in [0.1, 0.15) is 48.8 Å². The molecule has 0 aromatic carbocycles. The van der Waals surface area contributed by atoms with E-state index in [0.717, 1.165) is 17.3 Å². The van der Waals surface area contributed by atoms with Gasteiger partial charge in [-0.1, -0.05) is 31.6 Å². The van der Waals surface area contributed by atoms with E-state index in [2.05, 4.69) is 35.8 Å². The standard InChI is InChI=1S/C17H25NOS/c1-2-5-15-9-11-18(12-10-15)14-17-8-7-16(20-17)6-3-4-13-19/h7-8,15,19H,2,4-5,9-14H2,1H3. The Hall–Kier alpha value is -0.820. The first-order valence-corrected chi connectivity index (χ1v) is 8.54. The number of rotatable bonds is 5. The molecule has 2 rings (SSSR count). The zero-order valence-electron chi connectivity index (χ0n) is 12.4. The number of hydrogen-bond acceptors (Lipinski definition) is 3. The average molecular weight is 291 g/mol. The van der Waals surface area contributed by atoms with Crippen LogP contribution in [-0.4, -0.2) is 29.7 Å². The first-order chi connectivity index (χ1) is 9.81. The summed E-state index contributed by atoms with van der Waals surface area (Å²) in [7, 11) is 0. The predicted molar refractivity (Wildman–Crippen MR) is 85.8 cm³/mol. The molecule has 0 aliphatic carbocycles. The topological polar surface area (TPSA) is 23.5 Å². The van der Waals surface area contributed by atoms with Crippen molar-refractivity contribution in [2.75, 3.05) is 19.7 Å². The Morgan fingerprint density at radius 2 is 2.15 bits per heavy atom. The first-order valence-electron chi connectivity index (χ1n) is 7.72. The lowest BCUT2D eigenvalue weighted by molar-refractivity contribution is 0.173. The second-order valence-corrected chi connectivity index (χ2v) is 6.72. The van der Waals surface area contributed by atoms with Crippen molar-refractivity contribution in [1.29, 1.82) is 0 Å². The Balaban J connectivity index is 1.79. The molecule has 3 heteroatoms. The SMILES string of the molecule is CCCC1CCN(Cc2ccc(C#CCCO)s2)CC1. The van der Waals surface area contributed by atoms with Crippen LogP contribution in [0.25, 0.3) is 0 Å². The van der Waals surface area contributed by atoms with E-state index in [0.29, 0.717) is 6.42 Å². The van der Waals surface area contributed by atoms with Gasteiger partial charge in [-0.25, -0.2) is 0 Å². The number of aliphatic hydroxyl groups is 1. The summed E-state index contributed by atoms with van der Waals surface area (Å²) in [6.07, 6.45) is 6.02. The molecule has 1 N–H and O–H groups in total. The maximum absolute atomic E-state index is 8.72. The molecule has 0 saturated carbocycles. The lowest BCUT2D eigenvalue weighted by Crippen LogP contribution is -2.32. The van der Waals surface area contributed by atoms with E-state index < -0.39 is 0 Å². The number of nitrogens with zero attached hydrogens (tertiary/aromatic N) is 1. The molecule has 20 heavy (non-hydrogen) atoms. The number of likely N-dealkylation sites (tertiary alicyclic amines) is 1. The van der Waals surface area contributed by atoms with Crippen LogP contribution in [0.4, 0.5) is 0 Å². The quantitative estimate of drug-likeness (QED) is 0.839. The van der Waals surface area contributed by atoms with Gasteiger partial charge in [0.1, 0.15) is 0 Å². The van der Waals surface area contributed by atoms with Crippen LogP contribution in [0.3, 0.4) is 0 Å². The number of piperidine rings is 1. The van der Waals surface area contributed by atoms with Crippen molar-refractivity contribution in [3.05, 3.63) is 21.9 Å². The second-order valence-electron chi connectivity index (χ2n) is 5.55. The molecule has 2 heterocycles. The van der Waals surface area contributed by atoms with Crippen LogP contribution in [0.2, 0.25) is 0 Å². The maximum Gasteiger partial charge on any atom is 0.0771 e. The minimum absolute atomic E-state index is 0.151. The summed E-state index contributed by atoms with van der Waals surface area (Å²) in [4.78, 5) is 5.10. The summed E-state index contributed by atoms with van der Waals surface area (Å²) in [6.45, 7) is 6.00. The van der Waals surface area contributed by atoms with Crippen molar-refractivity contribution < 1.29 is 5.11 Å². The molecule has 0 unspecified atom stereocenters. The molecule has 1 aliphatic rings. The molecule has 110 valence electrons. The molecule has 0 amide bonds. The van der Waals surface area contributed by atoms with Gasteiger partial charge in [-0.05, 0) is 44.0 Å². The molecule has 0 spiro atoms. The molecule has 1 saturated heterocycles. The average Bonchev–Trinajstić information content (AvgIpc) is 2.89. The monoisotopic (exact) mass is 291 g/mol. The van der Waals surface area contributed by atoms with E-state index in [1.54, 1.807) is 11.3 Å². The van der Waals surface area contributed by atoms with Gasteiger partial charge in [0.2, 0.25) is 0 Å². The van der Waals surface area contributed by atoms with E-state index in [9.17, 15) is 0 Å². The van der Waals surface area contributed by atoms with Crippen LogP contribution in [0.15, 0.2) is 12.1 Å². The fraction of sp³-hybridized carbons (Fsp3) is 0.647. The summed E-state index contributed by atoms with van der Waals surface area (Å²) in [5.41, 5.74) is 0. The van der Waals surface area contributed by atoms with Gasteiger partial charge in [-0.2, -0.15) is 0 Å². The van der Waals surface area contributed by atoms with E-state index in [1.165, 1.54) is 43.6 Å². The number of thiophene rings is 1. The Labute approximate surface area is 126 Å². The molecule has 0 atom stereocenters. The maximum atomic E-state index is 8.72. The second kappa shape index (κ2) is 8.46. The summed E-state index contributed by atoms with van der Waals surface area (Å²) >= 11 is 1.79. The first kappa shape index (κ1) is 15.6. The van der Waals surface area contributed by atoms with Gasteiger partial charge < -0.3 is 5.11 Å². The van der Waals surface area contributed by atoms with Crippen molar-refractivity contribution in [3.8, 4) is 11.8 Å². The Morgan fingerprint density at radius 1 is 1.35 bits per heavy atom. The van der Waals surface area contributed by atoms with Crippen LogP contribution >= 0.6 is 11.3 Å². The third-order valence-corrected chi connectivity index (χ3v) is 4.88. The smallest absolute Gasteiger partial charge is 0.0771 e. The van der Waals surface area contributed by atoms with Crippen molar-refractivity contribution in [3.63, 3.8) is 0 Å². The van der Waals surface area contributed by atoms with Gasteiger partial charge in [0.15, 0.2) is 0 Å². The summed E-state index contributed by atoms with van der Waals surface area (Å²) in [5, 5.41) is 8.72. The Morgan fingerprint density at radius 3 is 2.85 bits per heavy atom. The van der Waals surface area contributed by atoms with Crippen LogP contribution < -0.4 is 0 Å². The van der Waals surface area contributed by atoms with Gasteiger partial charge in [0.25, 0.3) is 0 Å². The largest absolute Gasteiger partial charge is 0.395 e. The van der Waals surface area contributed by atoms with Gasteiger partial charge in [-0.3, -0.25) is 4.90 Å². The van der Waals surface area contributed by atoms with Gasteiger partial charge in [0.05, 0.1) is 11.5 Å². The van der Waals surface area contributed by atoms with E-state index in [-0.39, 0.29) is 6.61 Å². The molecule has 1 aliphatic heterocycles. The highest BCUT2D eigenvalue weighted by Crippen LogP contribution is 2.24. The fourth-order valence-electron chi connectivity index (χ4n) is 2.80. The van der Waals surface area contributed by atoms with Crippen LogP contribution in [-0.2, 0) is 6.54 Å². The normalized spacial score (nSPS) is 16.9. The molecular weight excluding hydrogens is 266 g/mol. The lowest BCUT2D eigenvalue weighted by atomic mass is 9.92. The fourth-order valence-corrected chi connectivity index (χ4v) is 3.72. The zero-order valence-corrected chi connectivity index (χ0v) is 13.2. The molecule has 0 radical (unpaired) electrons. The van der Waals surface area contributed by atoms with Crippen LogP contribution in [0, 0.1) is 17.8 Å². The zero-order chi connectivity index (χ0) is 14.2. The number of hydrogen-bond donors (Lipinski definition) is 1. The van der Waals surface area contributed by atoms with Gasteiger partial charge in [0, 0.05) is 17.8 Å². The highest BCUT2D eigenvalue weighted by atomic mass is 32.1.